The number of aryl methyl sites for hydroxylation is 1. The molecular formula is C40H41BN2Si. The molecule has 0 amide bonds. The molecule has 1 aromatic heterocycles. The van der Waals surface area contributed by atoms with E-state index >= 15 is 0 Å². The molecule has 218 valence electrons. The van der Waals surface area contributed by atoms with Crippen LogP contribution in [0.5, 0.6) is 0 Å². The number of benzene rings is 5. The van der Waals surface area contributed by atoms with Crippen LogP contribution in [-0.4, -0.2) is 25.8 Å². The second-order valence-electron chi connectivity index (χ2n) is 11.9. The minimum Gasteiger partial charge on any atom is -0.326 e. The van der Waals surface area contributed by atoms with Crippen LogP contribution in [-0.2, 0) is 11.6 Å². The molecule has 5 aromatic carbocycles. The molecule has 0 radical (unpaired) electrons. The Morgan fingerprint density at radius 1 is 0.682 bits per heavy atom. The minimum atomic E-state index is -0.777. The second-order valence-corrected chi connectivity index (χ2v) is 14.1. The molecule has 0 aliphatic heterocycles. The number of aromatic nitrogens is 2. The van der Waals surface area contributed by atoms with Crippen molar-refractivity contribution >= 4 is 32.3 Å². The molecule has 1 saturated carbocycles. The highest BCUT2D eigenvalue weighted by Gasteiger charge is 2.37. The summed E-state index contributed by atoms with van der Waals surface area (Å²) in [6.07, 6.45) is 11.1. The van der Waals surface area contributed by atoms with Gasteiger partial charge in [0.1, 0.15) is 0 Å². The van der Waals surface area contributed by atoms with E-state index in [1.807, 2.05) is 12.5 Å². The molecule has 1 heterocycles. The number of hydrogen-bond acceptors (Lipinski definition) is 1. The first-order valence-electron chi connectivity index (χ1n) is 16.0. The zero-order valence-corrected chi connectivity index (χ0v) is 27.1. The quantitative estimate of drug-likeness (QED) is 0.166. The second kappa shape index (κ2) is 14.4. The molecular weight excluding hydrogens is 547 g/mol. The maximum Gasteiger partial charge on any atom is 0.212 e. The highest BCUT2D eigenvalue weighted by atomic mass is 28.2. The van der Waals surface area contributed by atoms with Gasteiger partial charge in [0, 0.05) is 12.4 Å². The molecule has 0 N–H and O–H groups in total. The van der Waals surface area contributed by atoms with Crippen molar-refractivity contribution in [1.29, 1.82) is 0 Å². The van der Waals surface area contributed by atoms with Crippen LogP contribution < -0.4 is 16.1 Å². The fourth-order valence-corrected chi connectivity index (χ4v) is 8.88. The summed E-state index contributed by atoms with van der Waals surface area (Å²) in [5.41, 5.74) is 7.01. The molecule has 0 spiro atoms. The zero-order valence-electron chi connectivity index (χ0n) is 25.7. The van der Waals surface area contributed by atoms with E-state index < -0.39 is 9.52 Å². The van der Waals surface area contributed by atoms with Gasteiger partial charge in [-0.25, -0.2) is 4.98 Å². The molecule has 1 aliphatic rings. The summed E-state index contributed by atoms with van der Waals surface area (Å²) in [7, 11) is -0.777. The third-order valence-electron chi connectivity index (χ3n) is 8.88. The van der Waals surface area contributed by atoms with Crippen molar-refractivity contribution in [1.82, 2.24) is 9.55 Å². The van der Waals surface area contributed by atoms with Gasteiger partial charge in [-0.3, -0.25) is 0 Å². The lowest BCUT2D eigenvalue weighted by Crippen LogP contribution is -2.46. The first-order chi connectivity index (χ1) is 21.8. The summed E-state index contributed by atoms with van der Waals surface area (Å²) in [6.45, 7) is 2.85. The minimum absolute atomic E-state index is 0.203. The topological polar surface area (TPSA) is 17.8 Å². The van der Waals surface area contributed by atoms with Gasteiger partial charge in [0.25, 0.3) is 0 Å². The molecule has 6 aromatic rings. The lowest BCUT2D eigenvalue weighted by atomic mass is 9.37. The first kappa shape index (κ1) is 29.7. The maximum absolute atomic E-state index is 4.40. The molecule has 44 heavy (non-hydrogen) atoms. The molecule has 1 fully saturated rings. The predicted molar refractivity (Wildman–Crippen MR) is 191 cm³/mol. The maximum atomic E-state index is 4.40. The van der Waals surface area contributed by atoms with Crippen LogP contribution in [0, 0.1) is 0 Å². The molecule has 0 bridgehead atoms. The monoisotopic (exact) mass is 588 g/mol. The average Bonchev–Trinajstić information content (AvgIpc) is 3.77. The van der Waals surface area contributed by atoms with Crippen LogP contribution in [0.4, 0.5) is 0 Å². The standard InChI is InChI=1S/C25H26N2Si.C15H15B/c1-2-9-21-14-16-24(17-15-21)28-25(27-19-18-26-20-27,22-10-5-3-6-11-22)23-12-7-4-8-13-23;1-3-7-13(8-4-1)16(15-11-12-15)14-9-5-2-6-10-14/h3-8,10-20H,2,9,28H2,1H3;1-10,15H,11-12H2. The Balaban J connectivity index is 0.000000181. The van der Waals surface area contributed by atoms with Crippen LogP contribution in [0.25, 0.3) is 0 Å². The summed E-state index contributed by atoms with van der Waals surface area (Å²) in [4.78, 5) is 4.40. The van der Waals surface area contributed by atoms with Crippen LogP contribution in [0.3, 0.4) is 0 Å². The van der Waals surface area contributed by atoms with E-state index in [9.17, 15) is 0 Å². The largest absolute Gasteiger partial charge is 0.326 e. The fourth-order valence-electron chi connectivity index (χ4n) is 6.57. The van der Waals surface area contributed by atoms with E-state index in [-0.39, 0.29) is 5.16 Å². The molecule has 7 rings (SSSR count). The summed E-state index contributed by atoms with van der Waals surface area (Å²) in [5.74, 6) is 0.866. The summed E-state index contributed by atoms with van der Waals surface area (Å²) >= 11 is 0. The normalized spacial score (nSPS) is 12.9. The van der Waals surface area contributed by atoms with Crippen LogP contribution in [0.1, 0.15) is 42.9 Å². The lowest BCUT2D eigenvalue weighted by Gasteiger charge is -2.37. The van der Waals surface area contributed by atoms with Gasteiger partial charge >= 0.3 is 0 Å². The van der Waals surface area contributed by atoms with E-state index in [4.69, 9.17) is 0 Å². The van der Waals surface area contributed by atoms with E-state index in [0.717, 1.165) is 12.2 Å². The van der Waals surface area contributed by atoms with Crippen LogP contribution in [0.2, 0.25) is 5.82 Å². The van der Waals surface area contributed by atoms with Crippen molar-refractivity contribution in [2.24, 2.45) is 0 Å². The Morgan fingerprint density at radius 3 is 1.61 bits per heavy atom. The van der Waals surface area contributed by atoms with Gasteiger partial charge in [0.05, 0.1) is 21.0 Å². The third-order valence-corrected chi connectivity index (χ3v) is 11.5. The zero-order chi connectivity index (χ0) is 30.0. The summed E-state index contributed by atoms with van der Waals surface area (Å²) < 4.78 is 2.31. The van der Waals surface area contributed by atoms with Crippen molar-refractivity contribution in [2.45, 2.75) is 43.6 Å². The average molecular weight is 589 g/mol. The highest BCUT2D eigenvalue weighted by Crippen LogP contribution is 2.38. The van der Waals surface area contributed by atoms with Crippen molar-refractivity contribution < 1.29 is 0 Å². The summed E-state index contributed by atoms with van der Waals surface area (Å²) in [5, 5.41) is 1.26. The lowest BCUT2D eigenvalue weighted by molar-refractivity contribution is 0.596. The molecule has 4 heteroatoms. The van der Waals surface area contributed by atoms with Gasteiger partial charge in [-0.2, -0.15) is 0 Å². The van der Waals surface area contributed by atoms with E-state index in [2.05, 4.69) is 168 Å². The van der Waals surface area contributed by atoms with Crippen molar-refractivity contribution in [3.63, 3.8) is 0 Å². The van der Waals surface area contributed by atoms with Gasteiger partial charge in [-0.1, -0.05) is 194 Å². The number of imidazole rings is 1. The van der Waals surface area contributed by atoms with E-state index in [1.165, 1.54) is 52.1 Å². The smallest absolute Gasteiger partial charge is 0.212 e. The number of hydrogen-bond donors (Lipinski definition) is 0. The van der Waals surface area contributed by atoms with Crippen molar-refractivity contribution in [3.8, 4) is 0 Å². The van der Waals surface area contributed by atoms with E-state index in [0.29, 0.717) is 6.71 Å². The van der Waals surface area contributed by atoms with Gasteiger partial charge in [-0.15, -0.1) is 0 Å². The number of rotatable bonds is 10. The first-order valence-corrected chi connectivity index (χ1v) is 17.5. The summed E-state index contributed by atoms with van der Waals surface area (Å²) in [6, 6.07) is 52.9. The molecule has 2 nitrogen and oxygen atoms in total. The van der Waals surface area contributed by atoms with E-state index in [1.54, 1.807) is 0 Å². The van der Waals surface area contributed by atoms with Crippen molar-refractivity contribution in [3.05, 3.63) is 181 Å². The molecule has 1 aliphatic carbocycles. The Kier molecular flexibility index (Phi) is 9.69. The highest BCUT2D eigenvalue weighted by molar-refractivity contribution is 6.86. The SMILES string of the molecule is CCCc1ccc([SiH2]C(c2ccccc2)(c2ccccc2)n2ccnc2)cc1.c1ccc(B(c2ccccc2)C2CC2)cc1. The Hall–Kier alpha value is -4.41. The van der Waals surface area contributed by atoms with Crippen molar-refractivity contribution in [2.75, 3.05) is 0 Å². The van der Waals surface area contributed by atoms with Crippen LogP contribution >= 0.6 is 0 Å². The van der Waals surface area contributed by atoms with Gasteiger partial charge in [-0.05, 0) is 23.1 Å². The van der Waals surface area contributed by atoms with Gasteiger partial charge in [0.15, 0.2) is 0 Å². The molecule has 0 unspecified atom stereocenters. The Bertz CT molecular complexity index is 1590. The Morgan fingerprint density at radius 2 is 1.18 bits per heavy atom. The predicted octanol–water partition coefficient (Wildman–Crippen LogP) is 6.54. The number of nitrogens with zero attached hydrogens (tertiary/aromatic N) is 2. The molecule has 0 atom stereocenters. The third kappa shape index (κ3) is 6.87. The van der Waals surface area contributed by atoms with Gasteiger partial charge < -0.3 is 4.57 Å². The van der Waals surface area contributed by atoms with Gasteiger partial charge in [0.2, 0.25) is 6.71 Å². The Labute approximate surface area is 265 Å². The van der Waals surface area contributed by atoms with Crippen LogP contribution in [0.15, 0.2) is 164 Å². The fraction of sp³-hybridized carbons (Fsp3) is 0.175. The molecule has 0 saturated heterocycles.